The van der Waals surface area contributed by atoms with E-state index in [1.54, 1.807) is 7.05 Å². The molecule has 0 bridgehead atoms. The van der Waals surface area contributed by atoms with Crippen LogP contribution in [0.3, 0.4) is 0 Å². The molecular weight excluding hydrogens is 296 g/mol. The number of hydrogen-bond acceptors (Lipinski definition) is 6. The molecule has 0 aromatic rings. The van der Waals surface area contributed by atoms with Gasteiger partial charge in [0.2, 0.25) is 11.8 Å². The maximum Gasteiger partial charge on any atom is 0.221 e. The quantitative estimate of drug-likeness (QED) is 0.224. The molecule has 0 spiro atoms. The largest absolute Gasteiger partial charge is 0.359 e. The summed E-state index contributed by atoms with van der Waals surface area (Å²) < 4.78 is 0. The fourth-order valence-corrected chi connectivity index (χ4v) is 2.03. The number of nitrogens with two attached hydrogens (primary N) is 1. The Labute approximate surface area is 139 Å². The Balaban J connectivity index is 3.89. The van der Waals surface area contributed by atoms with Gasteiger partial charge in [0, 0.05) is 78.8 Å². The summed E-state index contributed by atoms with van der Waals surface area (Å²) in [4.78, 5) is 24.9. The topological polar surface area (TPSA) is 112 Å². The lowest BCUT2D eigenvalue weighted by molar-refractivity contribution is -0.121. The number of carbonyl (C=O) groups is 2. The lowest BCUT2D eigenvalue weighted by atomic mass is 10.3. The van der Waals surface area contributed by atoms with Crippen molar-refractivity contribution < 1.29 is 9.59 Å². The minimum atomic E-state index is 0.0501. The Hall–Kier alpha value is -1.22. The van der Waals surface area contributed by atoms with Crippen molar-refractivity contribution in [3.8, 4) is 0 Å². The van der Waals surface area contributed by atoms with Crippen molar-refractivity contribution in [1.29, 1.82) is 0 Å². The summed E-state index contributed by atoms with van der Waals surface area (Å²) in [6.07, 6.45) is 0.983. The van der Waals surface area contributed by atoms with Gasteiger partial charge in [-0.1, -0.05) is 0 Å². The van der Waals surface area contributed by atoms with E-state index in [0.29, 0.717) is 32.5 Å². The van der Waals surface area contributed by atoms with E-state index in [0.717, 1.165) is 39.3 Å². The summed E-state index contributed by atoms with van der Waals surface area (Å²) in [6, 6.07) is 0. The predicted molar refractivity (Wildman–Crippen MR) is 93.2 cm³/mol. The molecule has 2 amide bonds. The molecule has 0 unspecified atom stereocenters. The molecule has 23 heavy (non-hydrogen) atoms. The van der Waals surface area contributed by atoms with Gasteiger partial charge in [-0.05, 0) is 6.92 Å². The number of carbonyl (C=O) groups excluding carboxylic acids is 2. The van der Waals surface area contributed by atoms with Gasteiger partial charge in [-0.3, -0.25) is 9.59 Å². The summed E-state index contributed by atoms with van der Waals surface area (Å²) in [7, 11) is 1.65. The van der Waals surface area contributed by atoms with Crippen molar-refractivity contribution in [2.24, 2.45) is 5.73 Å². The van der Waals surface area contributed by atoms with E-state index in [9.17, 15) is 9.59 Å². The minimum absolute atomic E-state index is 0.0501. The normalized spacial score (nSPS) is 10.8. The van der Waals surface area contributed by atoms with Gasteiger partial charge in [0.1, 0.15) is 0 Å². The third-order valence-electron chi connectivity index (χ3n) is 3.37. The molecule has 8 heteroatoms. The van der Waals surface area contributed by atoms with Gasteiger partial charge in [-0.15, -0.1) is 0 Å². The molecule has 8 nitrogen and oxygen atoms in total. The SMILES string of the molecule is CCNC(=O)CCNCCN(CCNCCN)CCC(=O)NC. The zero-order valence-electron chi connectivity index (χ0n) is 14.6. The van der Waals surface area contributed by atoms with Crippen LogP contribution in [0, 0.1) is 0 Å². The van der Waals surface area contributed by atoms with Gasteiger partial charge in [0.15, 0.2) is 0 Å². The fourth-order valence-electron chi connectivity index (χ4n) is 2.03. The zero-order chi connectivity index (χ0) is 17.3. The molecule has 6 N–H and O–H groups in total. The first-order valence-electron chi connectivity index (χ1n) is 8.45. The molecule has 0 heterocycles. The van der Waals surface area contributed by atoms with E-state index in [1.165, 1.54) is 0 Å². The highest BCUT2D eigenvalue weighted by Crippen LogP contribution is 1.91. The Bertz CT molecular complexity index is 314. The molecule has 0 saturated carbocycles. The highest BCUT2D eigenvalue weighted by Gasteiger charge is 2.07. The van der Waals surface area contributed by atoms with Crippen LogP contribution in [0.15, 0.2) is 0 Å². The smallest absolute Gasteiger partial charge is 0.221 e. The van der Waals surface area contributed by atoms with Crippen LogP contribution in [0.25, 0.3) is 0 Å². The first-order chi connectivity index (χ1) is 11.1. The molecule has 0 saturated heterocycles. The molecule has 0 radical (unpaired) electrons. The lowest BCUT2D eigenvalue weighted by Crippen LogP contribution is -2.40. The first-order valence-corrected chi connectivity index (χ1v) is 8.45. The van der Waals surface area contributed by atoms with Crippen molar-refractivity contribution in [1.82, 2.24) is 26.2 Å². The summed E-state index contributed by atoms with van der Waals surface area (Å²) in [5, 5.41) is 11.9. The molecule has 0 aliphatic heterocycles. The van der Waals surface area contributed by atoms with Crippen molar-refractivity contribution in [2.45, 2.75) is 19.8 Å². The van der Waals surface area contributed by atoms with Gasteiger partial charge in [0.05, 0.1) is 0 Å². The Morgan fingerprint density at radius 2 is 1.57 bits per heavy atom. The fraction of sp³-hybridized carbons (Fsp3) is 0.867. The zero-order valence-corrected chi connectivity index (χ0v) is 14.6. The molecule has 0 aliphatic carbocycles. The number of rotatable bonds is 15. The average Bonchev–Trinajstić information content (AvgIpc) is 2.55. The van der Waals surface area contributed by atoms with Gasteiger partial charge in [-0.2, -0.15) is 0 Å². The van der Waals surface area contributed by atoms with Crippen molar-refractivity contribution in [3.05, 3.63) is 0 Å². The molecule has 0 aliphatic rings. The molecule has 0 atom stereocenters. The van der Waals surface area contributed by atoms with Crippen LogP contribution in [-0.4, -0.2) is 82.7 Å². The highest BCUT2D eigenvalue weighted by molar-refractivity contribution is 5.76. The van der Waals surface area contributed by atoms with Gasteiger partial charge in [0.25, 0.3) is 0 Å². The first kappa shape index (κ1) is 21.8. The molecule has 0 rings (SSSR count). The minimum Gasteiger partial charge on any atom is -0.359 e. The summed E-state index contributed by atoms with van der Waals surface area (Å²) >= 11 is 0. The second kappa shape index (κ2) is 15.7. The average molecular weight is 330 g/mol. The summed E-state index contributed by atoms with van der Waals surface area (Å²) in [5.74, 6) is 0.122. The molecule has 0 aromatic heterocycles. The third-order valence-corrected chi connectivity index (χ3v) is 3.37. The van der Waals surface area contributed by atoms with Gasteiger partial charge in [-0.25, -0.2) is 0 Å². The third kappa shape index (κ3) is 14.1. The van der Waals surface area contributed by atoms with Crippen LogP contribution in [0.4, 0.5) is 0 Å². The van der Waals surface area contributed by atoms with Crippen LogP contribution < -0.4 is 27.0 Å². The predicted octanol–water partition coefficient (Wildman–Crippen LogP) is -1.91. The number of amides is 2. The maximum absolute atomic E-state index is 11.4. The number of nitrogens with zero attached hydrogens (tertiary/aromatic N) is 1. The maximum atomic E-state index is 11.4. The van der Waals surface area contributed by atoms with E-state index >= 15 is 0 Å². The van der Waals surface area contributed by atoms with E-state index in [-0.39, 0.29) is 11.8 Å². The summed E-state index contributed by atoms with van der Waals surface area (Å²) in [6.45, 7) is 8.76. The number of hydrogen-bond donors (Lipinski definition) is 5. The van der Waals surface area contributed by atoms with Crippen LogP contribution in [0.5, 0.6) is 0 Å². The standard InChI is InChI=1S/C15H34N6O2/c1-3-20-15(23)4-7-18-9-12-21(11-5-14(22)17-2)13-10-19-8-6-16/h18-19H,3-13,16H2,1-2H3,(H,17,22)(H,20,23). The van der Waals surface area contributed by atoms with E-state index < -0.39 is 0 Å². The van der Waals surface area contributed by atoms with Gasteiger partial charge >= 0.3 is 0 Å². The Kier molecular flexibility index (Phi) is 14.8. The lowest BCUT2D eigenvalue weighted by Gasteiger charge is -2.22. The Morgan fingerprint density at radius 3 is 2.13 bits per heavy atom. The van der Waals surface area contributed by atoms with Crippen LogP contribution >= 0.6 is 0 Å². The molecule has 0 fully saturated rings. The highest BCUT2D eigenvalue weighted by atomic mass is 16.2. The number of nitrogens with one attached hydrogen (secondary N) is 4. The summed E-state index contributed by atoms with van der Waals surface area (Å²) in [5.41, 5.74) is 5.45. The molecule has 0 aromatic carbocycles. The van der Waals surface area contributed by atoms with E-state index in [2.05, 4.69) is 26.2 Å². The van der Waals surface area contributed by atoms with Crippen LogP contribution in [0.1, 0.15) is 19.8 Å². The molecule has 136 valence electrons. The second-order valence-electron chi connectivity index (χ2n) is 5.26. The van der Waals surface area contributed by atoms with Crippen molar-refractivity contribution >= 4 is 11.8 Å². The molecular formula is C15H34N6O2. The Morgan fingerprint density at radius 1 is 0.913 bits per heavy atom. The van der Waals surface area contributed by atoms with Crippen LogP contribution in [-0.2, 0) is 9.59 Å². The van der Waals surface area contributed by atoms with E-state index in [1.807, 2.05) is 6.92 Å². The monoisotopic (exact) mass is 330 g/mol. The van der Waals surface area contributed by atoms with Crippen LogP contribution in [0.2, 0.25) is 0 Å². The van der Waals surface area contributed by atoms with Gasteiger partial charge < -0.3 is 31.9 Å². The van der Waals surface area contributed by atoms with E-state index in [4.69, 9.17) is 5.73 Å². The van der Waals surface area contributed by atoms with Crippen molar-refractivity contribution in [2.75, 3.05) is 66.0 Å². The second-order valence-corrected chi connectivity index (χ2v) is 5.26. The van der Waals surface area contributed by atoms with Crippen molar-refractivity contribution in [3.63, 3.8) is 0 Å².